The fourth-order valence-corrected chi connectivity index (χ4v) is 7.66. The number of phenols is 1. The molecule has 44 heavy (non-hydrogen) atoms. The van der Waals surface area contributed by atoms with Crippen molar-refractivity contribution in [3.8, 4) is 5.75 Å². The van der Waals surface area contributed by atoms with Gasteiger partial charge in [0.2, 0.25) is 0 Å². The van der Waals surface area contributed by atoms with Gasteiger partial charge >= 0.3 is 0 Å². The first kappa shape index (κ1) is 30.3. The Bertz CT molecular complexity index is 1690. The molecule has 7 rings (SSSR count). The van der Waals surface area contributed by atoms with Crippen molar-refractivity contribution in [2.75, 3.05) is 7.11 Å². The van der Waals surface area contributed by atoms with Crippen LogP contribution in [0.5, 0.6) is 5.75 Å². The number of Topliss-reactive ketones (excluding diaryl/α,β-unsaturated/α-hetero) is 2. The number of phenolic OH excluding ortho intramolecular Hbond substituents is 1. The quantitative estimate of drug-likeness (QED) is 0.180. The maximum atomic E-state index is 13.4. The van der Waals surface area contributed by atoms with Gasteiger partial charge in [0.1, 0.15) is 5.75 Å². The highest BCUT2D eigenvalue weighted by molar-refractivity contribution is 8.03. The number of fused-ring (bicyclic) bond motifs is 2. The zero-order chi connectivity index (χ0) is 31.1. The van der Waals surface area contributed by atoms with E-state index in [2.05, 4.69) is 20.8 Å². The van der Waals surface area contributed by atoms with Crippen molar-refractivity contribution < 1.29 is 29.2 Å². The van der Waals surface area contributed by atoms with E-state index in [0.717, 1.165) is 40.2 Å². The number of rotatable bonds is 4. The van der Waals surface area contributed by atoms with E-state index in [1.807, 2.05) is 48.6 Å². The molecule has 1 N–H and O–H groups in total. The largest absolute Gasteiger partial charge is 0.508 e. The third-order valence-corrected chi connectivity index (χ3v) is 9.85. The van der Waals surface area contributed by atoms with Crippen LogP contribution in [0.1, 0.15) is 83.9 Å². The van der Waals surface area contributed by atoms with E-state index in [0.29, 0.717) is 22.3 Å². The number of ether oxygens (including phenoxy) is 1. The SMILES string of the molecule is CCC.COC1(c2cc(O)ccc2/C=C/C2=CC(=C3C(=O)c4ccccc4C3=O)c3ccccc3S2)OOC12CCCC2C. The maximum Gasteiger partial charge on any atom is 0.261 e. The highest BCUT2D eigenvalue weighted by Gasteiger charge is 2.70. The minimum Gasteiger partial charge on any atom is -0.508 e. The molecule has 0 bridgehead atoms. The van der Waals surface area contributed by atoms with Crippen LogP contribution < -0.4 is 0 Å². The summed E-state index contributed by atoms with van der Waals surface area (Å²) in [6.45, 7) is 6.39. The van der Waals surface area contributed by atoms with Gasteiger partial charge in [-0.05, 0) is 72.2 Å². The minimum atomic E-state index is -1.15. The van der Waals surface area contributed by atoms with Crippen molar-refractivity contribution in [2.45, 2.75) is 62.7 Å². The fraction of sp³-hybridized carbons (Fsp3) is 0.297. The Kier molecular flexibility index (Phi) is 8.24. The van der Waals surface area contributed by atoms with Gasteiger partial charge < -0.3 is 9.84 Å². The number of carbonyl (C=O) groups excluding carboxylic acids is 2. The van der Waals surface area contributed by atoms with E-state index >= 15 is 0 Å². The summed E-state index contributed by atoms with van der Waals surface area (Å²) in [5, 5.41) is 10.5. The highest BCUT2D eigenvalue weighted by atomic mass is 32.2. The summed E-state index contributed by atoms with van der Waals surface area (Å²) in [5.74, 6) is -1.33. The molecule has 3 aromatic carbocycles. The number of hydrogen-bond donors (Lipinski definition) is 1. The van der Waals surface area contributed by atoms with E-state index < -0.39 is 11.4 Å². The number of hydrogen-bond acceptors (Lipinski definition) is 7. The Balaban J connectivity index is 0.00000110. The van der Waals surface area contributed by atoms with Crippen molar-refractivity contribution in [3.05, 3.63) is 117 Å². The van der Waals surface area contributed by atoms with Crippen LogP contribution in [-0.4, -0.2) is 29.4 Å². The summed E-state index contributed by atoms with van der Waals surface area (Å²) >= 11 is 1.57. The molecule has 3 atom stereocenters. The summed E-state index contributed by atoms with van der Waals surface area (Å²) in [4.78, 5) is 40.2. The zero-order valence-electron chi connectivity index (χ0n) is 25.4. The van der Waals surface area contributed by atoms with Gasteiger partial charge in [0.15, 0.2) is 17.2 Å². The van der Waals surface area contributed by atoms with Gasteiger partial charge in [-0.3, -0.25) is 9.59 Å². The molecule has 1 spiro atoms. The highest BCUT2D eigenvalue weighted by Crippen LogP contribution is 2.60. The summed E-state index contributed by atoms with van der Waals surface area (Å²) in [6.07, 6.45) is 9.87. The minimum absolute atomic E-state index is 0.106. The molecule has 226 valence electrons. The Morgan fingerprint density at radius 1 is 0.955 bits per heavy atom. The average molecular weight is 609 g/mol. The Morgan fingerprint density at radius 2 is 1.61 bits per heavy atom. The van der Waals surface area contributed by atoms with Crippen LogP contribution in [0.2, 0.25) is 0 Å². The lowest BCUT2D eigenvalue weighted by Crippen LogP contribution is -2.67. The van der Waals surface area contributed by atoms with Gasteiger partial charge in [-0.25, -0.2) is 4.89 Å². The summed E-state index contributed by atoms with van der Waals surface area (Å²) in [6, 6.07) is 19.9. The van der Waals surface area contributed by atoms with Gasteiger partial charge in [-0.1, -0.05) is 93.6 Å². The molecule has 2 aliphatic carbocycles. The first-order chi connectivity index (χ1) is 21.3. The smallest absolute Gasteiger partial charge is 0.261 e. The Morgan fingerprint density at radius 3 is 2.20 bits per heavy atom. The van der Waals surface area contributed by atoms with Crippen LogP contribution in [0.15, 0.2) is 94.3 Å². The van der Waals surface area contributed by atoms with E-state index in [1.165, 1.54) is 6.42 Å². The van der Waals surface area contributed by atoms with Crippen molar-refractivity contribution in [2.24, 2.45) is 5.92 Å². The normalized spacial score (nSPS) is 25.5. The number of allylic oxidation sites excluding steroid dienone is 4. The number of aromatic hydroxyl groups is 1. The molecule has 3 aromatic rings. The third kappa shape index (κ3) is 4.70. The Hall–Kier alpha value is -3.75. The second-order valence-electron chi connectivity index (χ2n) is 11.6. The van der Waals surface area contributed by atoms with Crippen LogP contribution in [0.25, 0.3) is 11.6 Å². The third-order valence-electron chi connectivity index (χ3n) is 8.78. The predicted octanol–water partition coefficient (Wildman–Crippen LogP) is 8.66. The topological polar surface area (TPSA) is 82.1 Å². The van der Waals surface area contributed by atoms with Crippen LogP contribution in [0.3, 0.4) is 0 Å². The number of methoxy groups -OCH3 is 1. The lowest BCUT2D eigenvalue weighted by molar-refractivity contribution is -0.624. The molecule has 2 aliphatic heterocycles. The number of benzene rings is 3. The molecule has 2 fully saturated rings. The van der Waals surface area contributed by atoms with E-state index in [1.54, 1.807) is 55.3 Å². The molecule has 0 amide bonds. The molecule has 2 heterocycles. The molecule has 0 aromatic heterocycles. The van der Waals surface area contributed by atoms with Crippen LogP contribution in [0.4, 0.5) is 0 Å². The average Bonchev–Trinajstić information content (AvgIpc) is 3.55. The van der Waals surface area contributed by atoms with Gasteiger partial charge in [0.05, 0.1) is 5.57 Å². The van der Waals surface area contributed by atoms with Crippen molar-refractivity contribution in [1.29, 1.82) is 0 Å². The molecule has 1 saturated carbocycles. The van der Waals surface area contributed by atoms with Crippen LogP contribution in [-0.2, 0) is 20.3 Å². The van der Waals surface area contributed by atoms with Crippen LogP contribution in [0, 0.1) is 5.92 Å². The van der Waals surface area contributed by atoms with E-state index in [-0.39, 0.29) is 28.8 Å². The zero-order valence-corrected chi connectivity index (χ0v) is 26.2. The van der Waals surface area contributed by atoms with Crippen molar-refractivity contribution in [1.82, 2.24) is 0 Å². The van der Waals surface area contributed by atoms with E-state index in [9.17, 15) is 14.7 Å². The summed E-state index contributed by atoms with van der Waals surface area (Å²) in [5.41, 5.74) is 3.43. The van der Waals surface area contributed by atoms with Crippen LogP contribution >= 0.6 is 11.8 Å². The molecular formula is C37H36O6S. The first-order valence-electron chi connectivity index (χ1n) is 15.2. The number of carbonyl (C=O) groups is 2. The Labute approximate surface area is 262 Å². The summed E-state index contributed by atoms with van der Waals surface area (Å²) in [7, 11) is 1.61. The second-order valence-corrected chi connectivity index (χ2v) is 12.7. The second kappa shape index (κ2) is 12.0. The molecule has 1 saturated heterocycles. The number of ketones is 2. The summed E-state index contributed by atoms with van der Waals surface area (Å²) < 4.78 is 6.05. The van der Waals surface area contributed by atoms with E-state index in [4.69, 9.17) is 14.5 Å². The lowest BCUT2D eigenvalue weighted by atomic mass is 9.77. The molecule has 0 radical (unpaired) electrons. The number of thioether (sulfide) groups is 1. The molecule has 3 unspecified atom stereocenters. The fourth-order valence-electron chi connectivity index (χ4n) is 6.66. The molecular weight excluding hydrogens is 572 g/mol. The van der Waals surface area contributed by atoms with Crippen molar-refractivity contribution in [3.63, 3.8) is 0 Å². The van der Waals surface area contributed by atoms with Gasteiger partial charge in [-0.15, -0.1) is 0 Å². The van der Waals surface area contributed by atoms with Gasteiger partial charge in [0.25, 0.3) is 5.79 Å². The monoisotopic (exact) mass is 608 g/mol. The maximum absolute atomic E-state index is 13.4. The van der Waals surface area contributed by atoms with Gasteiger partial charge in [0, 0.05) is 33.6 Å². The van der Waals surface area contributed by atoms with Crippen molar-refractivity contribution >= 4 is 35.0 Å². The first-order valence-corrected chi connectivity index (χ1v) is 16.0. The molecule has 7 heteroatoms. The molecule has 4 aliphatic rings. The standard InChI is InChI=1S/C34H28O6S.C3H8/c1-20-8-7-17-33(20)34(38-2,40-39-33)28-18-22(35)15-13-21(28)14-16-23-19-27(24-9-5-6-12-29(24)41-23)30-31(36)25-10-3-4-11-26(25)32(30)37;1-3-2/h3-6,9-16,18-20,35H,7-8,17H2,1-2H3;3H2,1-2H3/b16-14+;. The molecule has 6 nitrogen and oxygen atoms in total. The predicted molar refractivity (Wildman–Crippen MR) is 172 cm³/mol. The lowest BCUT2D eigenvalue weighted by Gasteiger charge is -2.55. The van der Waals surface area contributed by atoms with Gasteiger partial charge in [-0.2, -0.15) is 4.89 Å².